The summed E-state index contributed by atoms with van der Waals surface area (Å²) in [5, 5.41) is 3.74. The SMILES string of the molecule is CC12CCC(C1)C(C)(C)C2NCC(=O)N(c1ccccc1)C1CCCCC1.Cl. The van der Waals surface area contributed by atoms with E-state index < -0.39 is 0 Å². The fourth-order valence-corrected chi connectivity index (χ4v) is 6.57. The molecular weight excluding hydrogens is 368 g/mol. The molecule has 2 bridgehead atoms. The van der Waals surface area contributed by atoms with Gasteiger partial charge in [-0.1, -0.05) is 58.2 Å². The molecule has 0 spiro atoms. The first-order valence-corrected chi connectivity index (χ1v) is 11.0. The van der Waals surface area contributed by atoms with Gasteiger partial charge in [0.05, 0.1) is 6.54 Å². The van der Waals surface area contributed by atoms with Crippen molar-refractivity contribution in [2.24, 2.45) is 16.7 Å². The van der Waals surface area contributed by atoms with Gasteiger partial charge in [0, 0.05) is 17.8 Å². The number of nitrogens with zero attached hydrogens (tertiary/aromatic N) is 1. The number of halogens is 1. The van der Waals surface area contributed by atoms with E-state index in [1.807, 2.05) is 18.2 Å². The van der Waals surface area contributed by atoms with Gasteiger partial charge >= 0.3 is 0 Å². The van der Waals surface area contributed by atoms with Crippen LogP contribution in [0.3, 0.4) is 0 Å². The molecule has 0 radical (unpaired) electrons. The lowest BCUT2D eigenvalue weighted by Crippen LogP contribution is -2.54. The summed E-state index contributed by atoms with van der Waals surface area (Å²) in [7, 11) is 0. The van der Waals surface area contributed by atoms with Crippen molar-refractivity contribution in [2.75, 3.05) is 11.4 Å². The molecular formula is C24H37ClN2O. The van der Waals surface area contributed by atoms with Crippen molar-refractivity contribution in [2.45, 2.75) is 84.2 Å². The molecule has 3 nitrogen and oxygen atoms in total. The first-order valence-electron chi connectivity index (χ1n) is 11.0. The molecule has 28 heavy (non-hydrogen) atoms. The predicted octanol–water partition coefficient (Wildman–Crippen LogP) is 5.58. The van der Waals surface area contributed by atoms with Gasteiger partial charge in [0.1, 0.15) is 0 Å². The lowest BCUT2D eigenvalue weighted by molar-refractivity contribution is -0.118. The van der Waals surface area contributed by atoms with Crippen LogP contribution >= 0.6 is 12.4 Å². The molecule has 0 saturated heterocycles. The highest BCUT2D eigenvalue weighted by Crippen LogP contribution is 2.62. The van der Waals surface area contributed by atoms with Crippen LogP contribution in [0.25, 0.3) is 0 Å². The third kappa shape index (κ3) is 3.85. The Labute approximate surface area is 177 Å². The Morgan fingerprint density at radius 2 is 1.75 bits per heavy atom. The summed E-state index contributed by atoms with van der Waals surface area (Å²) < 4.78 is 0. The molecule has 3 aliphatic carbocycles. The number of benzene rings is 1. The number of rotatable bonds is 5. The first-order chi connectivity index (χ1) is 12.9. The van der Waals surface area contributed by atoms with Gasteiger partial charge in [0.2, 0.25) is 5.91 Å². The van der Waals surface area contributed by atoms with Crippen molar-refractivity contribution in [1.29, 1.82) is 0 Å². The average molecular weight is 405 g/mol. The van der Waals surface area contributed by atoms with Gasteiger partial charge in [-0.05, 0) is 61.0 Å². The first kappa shape index (κ1) is 21.6. The zero-order valence-electron chi connectivity index (χ0n) is 17.7. The van der Waals surface area contributed by atoms with E-state index in [1.54, 1.807) is 0 Å². The van der Waals surface area contributed by atoms with Crippen molar-refractivity contribution in [3.8, 4) is 0 Å². The highest BCUT2D eigenvalue weighted by Gasteiger charge is 2.59. The number of hydrogen-bond donors (Lipinski definition) is 1. The third-order valence-corrected chi connectivity index (χ3v) is 7.97. The average Bonchev–Trinajstić information content (AvgIpc) is 3.14. The van der Waals surface area contributed by atoms with Crippen LogP contribution in [0.15, 0.2) is 30.3 Å². The van der Waals surface area contributed by atoms with Crippen LogP contribution in [0.5, 0.6) is 0 Å². The number of anilines is 1. The molecule has 4 rings (SSSR count). The molecule has 0 heterocycles. The van der Waals surface area contributed by atoms with Crippen LogP contribution in [0, 0.1) is 16.7 Å². The quantitative estimate of drug-likeness (QED) is 0.694. The number of hydrogen-bond acceptors (Lipinski definition) is 2. The van der Waals surface area contributed by atoms with E-state index >= 15 is 0 Å². The summed E-state index contributed by atoms with van der Waals surface area (Å²) >= 11 is 0. The highest BCUT2D eigenvalue weighted by molar-refractivity contribution is 5.95. The van der Waals surface area contributed by atoms with E-state index in [9.17, 15) is 4.79 Å². The van der Waals surface area contributed by atoms with Crippen LogP contribution in [-0.4, -0.2) is 24.5 Å². The van der Waals surface area contributed by atoms with Gasteiger partial charge < -0.3 is 10.2 Å². The summed E-state index contributed by atoms with van der Waals surface area (Å²) in [4.78, 5) is 15.5. The number of fused-ring (bicyclic) bond motifs is 2. The van der Waals surface area contributed by atoms with Crippen molar-refractivity contribution in [1.82, 2.24) is 5.32 Å². The van der Waals surface area contributed by atoms with Crippen molar-refractivity contribution in [3.63, 3.8) is 0 Å². The zero-order chi connectivity index (χ0) is 19.1. The van der Waals surface area contributed by atoms with Gasteiger partial charge in [-0.2, -0.15) is 0 Å². The Balaban J connectivity index is 0.00000225. The van der Waals surface area contributed by atoms with Gasteiger partial charge in [0.25, 0.3) is 0 Å². The zero-order valence-corrected chi connectivity index (χ0v) is 18.6. The number of amides is 1. The number of nitrogens with one attached hydrogen (secondary N) is 1. The van der Waals surface area contributed by atoms with E-state index in [-0.39, 0.29) is 23.7 Å². The minimum atomic E-state index is 0. The van der Waals surface area contributed by atoms with Crippen LogP contribution in [0.2, 0.25) is 0 Å². The number of para-hydroxylation sites is 1. The van der Waals surface area contributed by atoms with Crippen LogP contribution < -0.4 is 10.2 Å². The molecule has 156 valence electrons. The summed E-state index contributed by atoms with van der Waals surface area (Å²) in [6.45, 7) is 7.70. The second-order valence-electron chi connectivity index (χ2n) is 10.1. The van der Waals surface area contributed by atoms with E-state index in [0.717, 1.165) is 24.4 Å². The standard InChI is InChI=1S/C24H36N2O.ClH/c1-23(2)18-14-15-24(3,16-18)22(23)25-17-21(27)26(19-10-6-4-7-11-19)20-12-8-5-9-13-20;/h4,6-7,10-11,18,20,22,25H,5,8-9,12-17H2,1-3H3;1H. The highest BCUT2D eigenvalue weighted by atomic mass is 35.5. The Bertz CT molecular complexity index is 666. The van der Waals surface area contributed by atoms with Crippen molar-refractivity contribution < 1.29 is 4.79 Å². The minimum Gasteiger partial charge on any atom is -0.308 e. The monoisotopic (exact) mass is 404 g/mol. The smallest absolute Gasteiger partial charge is 0.241 e. The maximum absolute atomic E-state index is 13.4. The van der Waals surface area contributed by atoms with Crippen LogP contribution in [-0.2, 0) is 4.79 Å². The molecule has 0 aliphatic heterocycles. The maximum atomic E-state index is 13.4. The fraction of sp³-hybridized carbons (Fsp3) is 0.708. The summed E-state index contributed by atoms with van der Waals surface area (Å²) in [5.41, 5.74) is 1.71. The van der Waals surface area contributed by atoms with Gasteiger partial charge in [-0.25, -0.2) is 0 Å². The second-order valence-corrected chi connectivity index (χ2v) is 10.1. The molecule has 4 heteroatoms. The van der Waals surface area contributed by atoms with E-state index in [2.05, 4.69) is 43.1 Å². The van der Waals surface area contributed by atoms with Gasteiger partial charge in [-0.15, -0.1) is 12.4 Å². The molecule has 1 aromatic rings. The summed E-state index contributed by atoms with van der Waals surface area (Å²) in [6.07, 6.45) is 10.0. The van der Waals surface area contributed by atoms with Gasteiger partial charge in [0.15, 0.2) is 0 Å². The van der Waals surface area contributed by atoms with Gasteiger partial charge in [-0.3, -0.25) is 4.79 Å². The molecule has 1 N–H and O–H groups in total. The molecule has 3 atom stereocenters. The van der Waals surface area contributed by atoms with Crippen LogP contribution in [0.4, 0.5) is 5.69 Å². The van der Waals surface area contributed by atoms with Crippen molar-refractivity contribution in [3.05, 3.63) is 30.3 Å². The Hall–Kier alpha value is -1.06. The molecule has 3 fully saturated rings. The van der Waals surface area contributed by atoms with E-state index in [1.165, 1.54) is 38.5 Å². The third-order valence-electron chi connectivity index (χ3n) is 7.97. The Kier molecular flexibility index (Phi) is 6.46. The minimum absolute atomic E-state index is 0. The van der Waals surface area contributed by atoms with Crippen molar-refractivity contribution >= 4 is 24.0 Å². The number of carbonyl (C=O) groups is 1. The second kappa shape index (κ2) is 8.36. The molecule has 1 amide bonds. The molecule has 0 aromatic heterocycles. The normalized spacial score (nSPS) is 31.4. The molecule has 1 aromatic carbocycles. The Morgan fingerprint density at radius 1 is 1.07 bits per heavy atom. The predicted molar refractivity (Wildman–Crippen MR) is 119 cm³/mol. The number of carbonyl (C=O) groups excluding carboxylic acids is 1. The summed E-state index contributed by atoms with van der Waals surface area (Å²) in [6, 6.07) is 11.1. The lowest BCUT2D eigenvalue weighted by Gasteiger charge is -2.43. The Morgan fingerprint density at radius 3 is 2.36 bits per heavy atom. The fourth-order valence-electron chi connectivity index (χ4n) is 6.57. The topological polar surface area (TPSA) is 32.3 Å². The molecule has 3 aliphatic rings. The largest absolute Gasteiger partial charge is 0.308 e. The maximum Gasteiger partial charge on any atom is 0.241 e. The molecule has 3 unspecified atom stereocenters. The van der Waals surface area contributed by atoms with E-state index in [0.29, 0.717) is 24.0 Å². The van der Waals surface area contributed by atoms with E-state index in [4.69, 9.17) is 0 Å². The van der Waals surface area contributed by atoms with Crippen LogP contribution in [0.1, 0.15) is 72.1 Å². The lowest BCUT2D eigenvalue weighted by atomic mass is 9.68. The molecule has 3 saturated carbocycles. The summed E-state index contributed by atoms with van der Waals surface area (Å²) in [5.74, 6) is 1.05.